The number of halogens is 1. The van der Waals surface area contributed by atoms with Crippen LogP contribution >= 0.6 is 0 Å². The van der Waals surface area contributed by atoms with Gasteiger partial charge >= 0.3 is 0 Å². The third kappa shape index (κ3) is 1.53. The van der Waals surface area contributed by atoms with Crippen LogP contribution in [0.5, 0.6) is 0 Å². The van der Waals surface area contributed by atoms with Gasteiger partial charge in [0.05, 0.1) is 17.9 Å². The number of aromatic nitrogens is 2. The molecule has 2 rings (SSSR count). The summed E-state index contributed by atoms with van der Waals surface area (Å²) in [6, 6.07) is 0. The first-order chi connectivity index (χ1) is 6.77. The molecule has 1 aliphatic heterocycles. The minimum atomic E-state index is -0.315. The maximum absolute atomic E-state index is 12.8. The first kappa shape index (κ1) is 9.61. The molecule has 1 aliphatic rings. The molecule has 2 heterocycles. The van der Waals surface area contributed by atoms with E-state index in [1.54, 1.807) is 4.68 Å². The molecule has 0 radical (unpaired) electrons. The molecular weight excluding hydrogens is 185 g/mol. The van der Waals surface area contributed by atoms with Gasteiger partial charge in [0.25, 0.3) is 0 Å². The fourth-order valence-corrected chi connectivity index (χ4v) is 1.84. The van der Waals surface area contributed by atoms with Crippen molar-refractivity contribution in [1.29, 1.82) is 0 Å². The summed E-state index contributed by atoms with van der Waals surface area (Å²) >= 11 is 0. The van der Waals surface area contributed by atoms with E-state index >= 15 is 0 Å². The Bertz CT molecular complexity index is 307. The summed E-state index contributed by atoms with van der Waals surface area (Å²) < 4.78 is 19.7. The lowest BCUT2D eigenvalue weighted by atomic mass is 9.90. The molecule has 14 heavy (non-hydrogen) atoms. The quantitative estimate of drug-likeness (QED) is 0.754. The van der Waals surface area contributed by atoms with E-state index < -0.39 is 0 Å². The number of hydrogen-bond donors (Lipinski definition) is 1. The lowest BCUT2D eigenvalue weighted by molar-refractivity contribution is 0.0191. The van der Waals surface area contributed by atoms with Crippen molar-refractivity contribution in [2.45, 2.75) is 18.4 Å². The van der Waals surface area contributed by atoms with Crippen LogP contribution in [0.15, 0.2) is 12.4 Å². The summed E-state index contributed by atoms with van der Waals surface area (Å²) in [4.78, 5) is 0. The van der Waals surface area contributed by atoms with Crippen LogP contribution in [-0.2, 0) is 10.3 Å². The standard InChI is InChI=1S/C9H14FN3O/c10-8-5-12-13(6-8)9(7-11)1-3-14-4-2-9/h5-6H,1-4,7,11H2. The highest BCUT2D eigenvalue weighted by atomic mass is 19.1. The zero-order valence-electron chi connectivity index (χ0n) is 7.95. The molecular formula is C9H14FN3O. The molecule has 1 fully saturated rings. The van der Waals surface area contributed by atoms with Gasteiger partial charge in [-0.15, -0.1) is 0 Å². The molecule has 2 N–H and O–H groups in total. The monoisotopic (exact) mass is 199 g/mol. The molecule has 0 saturated carbocycles. The molecule has 0 bridgehead atoms. The average Bonchev–Trinajstić information content (AvgIpc) is 2.66. The Balaban J connectivity index is 2.26. The van der Waals surface area contributed by atoms with E-state index in [9.17, 15) is 4.39 Å². The van der Waals surface area contributed by atoms with E-state index in [0.717, 1.165) is 12.8 Å². The Kier molecular flexibility index (Phi) is 2.52. The Morgan fingerprint density at radius 2 is 2.29 bits per heavy atom. The first-order valence-electron chi connectivity index (χ1n) is 4.75. The van der Waals surface area contributed by atoms with Gasteiger partial charge in [0, 0.05) is 19.8 Å². The van der Waals surface area contributed by atoms with E-state index in [0.29, 0.717) is 19.8 Å². The van der Waals surface area contributed by atoms with Gasteiger partial charge in [-0.1, -0.05) is 0 Å². The molecule has 78 valence electrons. The number of nitrogens with zero attached hydrogens (tertiary/aromatic N) is 2. The van der Waals surface area contributed by atoms with Gasteiger partial charge in [-0.25, -0.2) is 4.39 Å². The summed E-state index contributed by atoms with van der Waals surface area (Å²) in [7, 11) is 0. The largest absolute Gasteiger partial charge is 0.381 e. The van der Waals surface area contributed by atoms with Crippen molar-refractivity contribution >= 4 is 0 Å². The predicted octanol–water partition coefficient (Wildman–Crippen LogP) is 0.487. The molecule has 4 nitrogen and oxygen atoms in total. The fourth-order valence-electron chi connectivity index (χ4n) is 1.84. The minimum Gasteiger partial charge on any atom is -0.381 e. The lowest BCUT2D eigenvalue weighted by Crippen LogP contribution is -2.46. The molecule has 0 amide bonds. The van der Waals surface area contributed by atoms with Crippen molar-refractivity contribution < 1.29 is 9.13 Å². The normalized spacial score (nSPS) is 21.0. The molecule has 1 saturated heterocycles. The zero-order chi connectivity index (χ0) is 10.0. The van der Waals surface area contributed by atoms with Gasteiger partial charge in [0.1, 0.15) is 0 Å². The number of nitrogens with two attached hydrogens (primary N) is 1. The zero-order valence-corrected chi connectivity index (χ0v) is 7.95. The smallest absolute Gasteiger partial charge is 0.161 e. The van der Waals surface area contributed by atoms with E-state index in [2.05, 4.69) is 5.10 Å². The summed E-state index contributed by atoms with van der Waals surface area (Å²) in [6.45, 7) is 1.80. The molecule has 0 unspecified atom stereocenters. The van der Waals surface area contributed by atoms with Crippen LogP contribution in [-0.4, -0.2) is 29.5 Å². The SMILES string of the molecule is NCC1(n2cc(F)cn2)CCOCC1. The Morgan fingerprint density at radius 3 is 2.79 bits per heavy atom. The van der Waals surface area contributed by atoms with Gasteiger partial charge in [-0.05, 0) is 12.8 Å². The van der Waals surface area contributed by atoms with E-state index in [1.165, 1.54) is 12.4 Å². The molecule has 5 heteroatoms. The van der Waals surface area contributed by atoms with Crippen LogP contribution in [0.2, 0.25) is 0 Å². The molecule has 1 aromatic heterocycles. The van der Waals surface area contributed by atoms with Gasteiger partial charge in [-0.3, -0.25) is 4.68 Å². The maximum Gasteiger partial charge on any atom is 0.161 e. The topological polar surface area (TPSA) is 53.1 Å². The van der Waals surface area contributed by atoms with Crippen molar-refractivity contribution in [3.05, 3.63) is 18.2 Å². The number of ether oxygens (including phenoxy) is 1. The van der Waals surface area contributed by atoms with Crippen molar-refractivity contribution in [2.24, 2.45) is 5.73 Å². The van der Waals surface area contributed by atoms with Gasteiger partial charge in [0.15, 0.2) is 5.82 Å². The Hall–Kier alpha value is -0.940. The Morgan fingerprint density at radius 1 is 1.57 bits per heavy atom. The predicted molar refractivity (Wildman–Crippen MR) is 49.3 cm³/mol. The van der Waals surface area contributed by atoms with Crippen LogP contribution in [0.1, 0.15) is 12.8 Å². The van der Waals surface area contributed by atoms with Crippen LogP contribution in [0, 0.1) is 5.82 Å². The van der Waals surface area contributed by atoms with Crippen LogP contribution in [0.4, 0.5) is 4.39 Å². The third-order valence-electron chi connectivity index (χ3n) is 2.84. The highest BCUT2D eigenvalue weighted by molar-refractivity contribution is 4.95. The highest BCUT2D eigenvalue weighted by Gasteiger charge is 2.33. The van der Waals surface area contributed by atoms with Crippen LogP contribution in [0.3, 0.4) is 0 Å². The Labute approximate surface area is 81.8 Å². The van der Waals surface area contributed by atoms with Gasteiger partial charge in [-0.2, -0.15) is 5.10 Å². The fraction of sp³-hybridized carbons (Fsp3) is 0.667. The summed E-state index contributed by atoms with van der Waals surface area (Å²) in [6.07, 6.45) is 4.21. The first-order valence-corrected chi connectivity index (χ1v) is 4.75. The molecule has 1 aromatic rings. The van der Waals surface area contributed by atoms with E-state index in [1.807, 2.05) is 0 Å². The molecule has 0 aliphatic carbocycles. The lowest BCUT2D eigenvalue weighted by Gasteiger charge is -2.36. The number of rotatable bonds is 2. The molecule has 0 atom stereocenters. The van der Waals surface area contributed by atoms with E-state index in [4.69, 9.17) is 10.5 Å². The minimum absolute atomic E-state index is 0.247. The molecule has 0 spiro atoms. The average molecular weight is 199 g/mol. The van der Waals surface area contributed by atoms with Crippen molar-refractivity contribution in [1.82, 2.24) is 9.78 Å². The molecule has 0 aromatic carbocycles. The van der Waals surface area contributed by atoms with Gasteiger partial charge < -0.3 is 10.5 Å². The third-order valence-corrected chi connectivity index (χ3v) is 2.84. The van der Waals surface area contributed by atoms with Crippen LogP contribution in [0.25, 0.3) is 0 Å². The van der Waals surface area contributed by atoms with Gasteiger partial charge in [0.2, 0.25) is 0 Å². The second-order valence-electron chi connectivity index (χ2n) is 3.64. The second-order valence-corrected chi connectivity index (χ2v) is 3.64. The van der Waals surface area contributed by atoms with Crippen LogP contribution < -0.4 is 5.73 Å². The summed E-state index contributed by atoms with van der Waals surface area (Å²) in [5.74, 6) is -0.315. The second kappa shape index (κ2) is 3.67. The maximum atomic E-state index is 12.8. The van der Waals surface area contributed by atoms with Crippen molar-refractivity contribution in [3.63, 3.8) is 0 Å². The number of hydrogen-bond acceptors (Lipinski definition) is 3. The highest BCUT2D eigenvalue weighted by Crippen LogP contribution is 2.27. The summed E-state index contributed by atoms with van der Waals surface area (Å²) in [5.41, 5.74) is 5.49. The van der Waals surface area contributed by atoms with Crippen molar-refractivity contribution in [2.75, 3.05) is 19.8 Å². The van der Waals surface area contributed by atoms with E-state index in [-0.39, 0.29) is 11.4 Å². The van der Waals surface area contributed by atoms with Crippen molar-refractivity contribution in [3.8, 4) is 0 Å². The summed E-state index contributed by atoms with van der Waals surface area (Å²) in [5, 5.41) is 3.99.